The minimum Gasteiger partial charge on any atom is -0.431 e. The molecule has 0 fully saturated rings. The minimum absolute atomic E-state index is 0.0606. The van der Waals surface area contributed by atoms with Crippen molar-refractivity contribution >= 4 is 5.91 Å². The standard InChI is InChI=1S/C15H16N6O2/c1-9(13-18-20-21-19-13)8-16-14(22)12-10(2)17-15(23-12)11-6-4-3-5-7-11/h3-7,9H,8H2,1-2H3,(H,16,22)(H,18,19,20,21). The van der Waals surface area contributed by atoms with Crippen molar-refractivity contribution in [3.63, 3.8) is 0 Å². The molecule has 1 atom stereocenters. The zero-order valence-corrected chi connectivity index (χ0v) is 12.8. The highest BCUT2D eigenvalue weighted by atomic mass is 16.4. The summed E-state index contributed by atoms with van der Waals surface area (Å²) < 4.78 is 5.61. The van der Waals surface area contributed by atoms with Gasteiger partial charge in [0.15, 0.2) is 5.82 Å². The summed E-state index contributed by atoms with van der Waals surface area (Å²) in [7, 11) is 0. The van der Waals surface area contributed by atoms with E-state index in [1.54, 1.807) is 6.92 Å². The van der Waals surface area contributed by atoms with E-state index in [4.69, 9.17) is 4.42 Å². The van der Waals surface area contributed by atoms with Gasteiger partial charge in [0.05, 0.1) is 5.69 Å². The number of hydrogen-bond acceptors (Lipinski definition) is 6. The number of hydrogen-bond donors (Lipinski definition) is 2. The maximum absolute atomic E-state index is 12.3. The predicted molar refractivity (Wildman–Crippen MR) is 81.6 cm³/mol. The van der Waals surface area contributed by atoms with E-state index in [1.165, 1.54) is 0 Å². The Morgan fingerprint density at radius 2 is 2.13 bits per heavy atom. The van der Waals surface area contributed by atoms with Gasteiger partial charge in [-0.25, -0.2) is 4.98 Å². The Labute approximate surface area is 132 Å². The van der Waals surface area contributed by atoms with E-state index < -0.39 is 0 Å². The number of carbonyl (C=O) groups excluding carboxylic acids is 1. The van der Waals surface area contributed by atoms with Crippen LogP contribution in [0.1, 0.15) is 34.9 Å². The van der Waals surface area contributed by atoms with Gasteiger partial charge in [-0.1, -0.05) is 30.3 Å². The van der Waals surface area contributed by atoms with Gasteiger partial charge in [0.25, 0.3) is 5.91 Å². The quantitative estimate of drug-likeness (QED) is 0.742. The van der Waals surface area contributed by atoms with Gasteiger partial charge in [0, 0.05) is 18.0 Å². The SMILES string of the molecule is Cc1nc(-c2ccccc2)oc1C(=O)NCC(C)c1nn[nH]n1. The van der Waals surface area contributed by atoms with Crippen LogP contribution in [-0.2, 0) is 0 Å². The normalized spacial score (nSPS) is 12.1. The van der Waals surface area contributed by atoms with Gasteiger partial charge in [-0.15, -0.1) is 10.2 Å². The molecule has 0 saturated heterocycles. The van der Waals surface area contributed by atoms with Crippen LogP contribution in [0.4, 0.5) is 0 Å². The van der Waals surface area contributed by atoms with E-state index in [0.717, 1.165) is 5.56 Å². The molecule has 0 saturated carbocycles. The van der Waals surface area contributed by atoms with Crippen molar-refractivity contribution in [3.8, 4) is 11.5 Å². The number of tetrazole rings is 1. The van der Waals surface area contributed by atoms with E-state index in [-0.39, 0.29) is 17.6 Å². The van der Waals surface area contributed by atoms with Gasteiger partial charge in [0.2, 0.25) is 11.7 Å². The number of carbonyl (C=O) groups is 1. The lowest BCUT2D eigenvalue weighted by Gasteiger charge is -2.07. The topological polar surface area (TPSA) is 110 Å². The fraction of sp³-hybridized carbons (Fsp3) is 0.267. The molecule has 1 aromatic carbocycles. The van der Waals surface area contributed by atoms with Crippen molar-refractivity contribution in [3.05, 3.63) is 47.6 Å². The van der Waals surface area contributed by atoms with Gasteiger partial charge < -0.3 is 9.73 Å². The average molecular weight is 312 g/mol. The van der Waals surface area contributed by atoms with Crippen LogP contribution in [0.5, 0.6) is 0 Å². The maximum Gasteiger partial charge on any atom is 0.289 e. The number of aromatic amines is 1. The molecule has 0 radical (unpaired) electrons. The number of oxazole rings is 1. The first-order chi connectivity index (χ1) is 11.1. The van der Waals surface area contributed by atoms with Crippen LogP contribution < -0.4 is 5.32 Å². The third-order valence-electron chi connectivity index (χ3n) is 3.39. The Bertz CT molecular complexity index is 782. The Morgan fingerprint density at radius 3 is 2.83 bits per heavy atom. The molecule has 3 rings (SSSR count). The van der Waals surface area contributed by atoms with Crippen LogP contribution in [0.15, 0.2) is 34.7 Å². The number of rotatable bonds is 5. The smallest absolute Gasteiger partial charge is 0.289 e. The molecule has 2 heterocycles. The zero-order valence-electron chi connectivity index (χ0n) is 12.8. The molecule has 0 aliphatic rings. The van der Waals surface area contributed by atoms with E-state index in [0.29, 0.717) is 24.0 Å². The van der Waals surface area contributed by atoms with Crippen molar-refractivity contribution < 1.29 is 9.21 Å². The van der Waals surface area contributed by atoms with Gasteiger partial charge in [0.1, 0.15) is 0 Å². The summed E-state index contributed by atoms with van der Waals surface area (Å²) in [5, 5.41) is 16.5. The number of H-pyrrole nitrogens is 1. The second-order valence-corrected chi connectivity index (χ2v) is 5.18. The van der Waals surface area contributed by atoms with Crippen LogP contribution >= 0.6 is 0 Å². The molecule has 8 nitrogen and oxygen atoms in total. The fourth-order valence-corrected chi connectivity index (χ4v) is 2.11. The van der Waals surface area contributed by atoms with E-state index in [1.807, 2.05) is 37.3 Å². The van der Waals surface area contributed by atoms with Crippen LogP contribution in [-0.4, -0.2) is 38.1 Å². The van der Waals surface area contributed by atoms with Gasteiger partial charge in [-0.3, -0.25) is 4.79 Å². The van der Waals surface area contributed by atoms with E-state index >= 15 is 0 Å². The van der Waals surface area contributed by atoms with Gasteiger partial charge >= 0.3 is 0 Å². The lowest BCUT2D eigenvalue weighted by atomic mass is 10.1. The van der Waals surface area contributed by atoms with Crippen molar-refractivity contribution in [2.75, 3.05) is 6.54 Å². The summed E-state index contributed by atoms with van der Waals surface area (Å²) in [6.45, 7) is 4.01. The van der Waals surface area contributed by atoms with Crippen LogP contribution in [0.3, 0.4) is 0 Å². The summed E-state index contributed by atoms with van der Waals surface area (Å²) >= 11 is 0. The lowest BCUT2D eigenvalue weighted by molar-refractivity contribution is 0.0923. The highest BCUT2D eigenvalue weighted by Gasteiger charge is 2.19. The molecule has 2 aromatic heterocycles. The first-order valence-electron chi connectivity index (χ1n) is 7.19. The highest BCUT2D eigenvalue weighted by molar-refractivity contribution is 5.92. The first kappa shape index (κ1) is 14.9. The summed E-state index contributed by atoms with van der Waals surface area (Å²) in [6.07, 6.45) is 0. The highest BCUT2D eigenvalue weighted by Crippen LogP contribution is 2.21. The Morgan fingerprint density at radius 1 is 1.35 bits per heavy atom. The van der Waals surface area contributed by atoms with Gasteiger partial charge in [-0.2, -0.15) is 5.21 Å². The molecule has 3 aromatic rings. The maximum atomic E-state index is 12.3. The van der Waals surface area contributed by atoms with Crippen molar-refractivity contribution in [1.82, 2.24) is 30.9 Å². The number of aryl methyl sites for hydroxylation is 1. The van der Waals surface area contributed by atoms with E-state index in [9.17, 15) is 4.79 Å². The Kier molecular flexibility index (Phi) is 4.13. The lowest BCUT2D eigenvalue weighted by Crippen LogP contribution is -2.28. The molecular formula is C15H16N6O2. The number of benzene rings is 1. The van der Waals surface area contributed by atoms with Crippen molar-refractivity contribution in [2.24, 2.45) is 0 Å². The molecular weight excluding hydrogens is 296 g/mol. The molecule has 0 bridgehead atoms. The second kappa shape index (κ2) is 6.39. The summed E-state index contributed by atoms with van der Waals surface area (Å²) in [4.78, 5) is 16.6. The molecule has 23 heavy (non-hydrogen) atoms. The van der Waals surface area contributed by atoms with Crippen molar-refractivity contribution in [1.29, 1.82) is 0 Å². The Hall–Kier alpha value is -3.03. The molecule has 1 unspecified atom stereocenters. The monoisotopic (exact) mass is 312 g/mol. The third-order valence-corrected chi connectivity index (χ3v) is 3.39. The zero-order chi connectivity index (χ0) is 16.2. The number of amides is 1. The molecule has 0 spiro atoms. The first-order valence-corrected chi connectivity index (χ1v) is 7.19. The molecule has 8 heteroatoms. The third kappa shape index (κ3) is 3.25. The second-order valence-electron chi connectivity index (χ2n) is 5.18. The van der Waals surface area contributed by atoms with Crippen molar-refractivity contribution in [2.45, 2.75) is 19.8 Å². The van der Waals surface area contributed by atoms with Crippen LogP contribution in [0.2, 0.25) is 0 Å². The molecule has 1 amide bonds. The minimum atomic E-state index is -0.312. The Balaban J connectivity index is 1.69. The van der Waals surface area contributed by atoms with Crippen LogP contribution in [0.25, 0.3) is 11.5 Å². The predicted octanol–water partition coefficient (Wildman–Crippen LogP) is 1.70. The van der Waals surface area contributed by atoms with Crippen LogP contribution in [0, 0.1) is 6.92 Å². The fourth-order valence-electron chi connectivity index (χ4n) is 2.11. The number of aromatic nitrogens is 5. The number of nitrogens with zero attached hydrogens (tertiary/aromatic N) is 4. The van der Waals surface area contributed by atoms with Gasteiger partial charge in [-0.05, 0) is 19.1 Å². The molecule has 2 N–H and O–H groups in total. The number of nitrogens with one attached hydrogen (secondary N) is 2. The molecule has 118 valence electrons. The summed E-state index contributed by atoms with van der Waals surface area (Å²) in [5.74, 6) is 0.815. The largest absolute Gasteiger partial charge is 0.431 e. The summed E-state index contributed by atoms with van der Waals surface area (Å²) in [6, 6.07) is 9.45. The summed E-state index contributed by atoms with van der Waals surface area (Å²) in [5.41, 5.74) is 1.38. The molecule has 0 aliphatic carbocycles. The molecule has 0 aliphatic heterocycles. The van der Waals surface area contributed by atoms with E-state index in [2.05, 4.69) is 30.9 Å². The average Bonchev–Trinajstić information content (AvgIpc) is 3.23.